The van der Waals surface area contributed by atoms with Gasteiger partial charge in [0.25, 0.3) is 0 Å². The first-order valence-corrected chi connectivity index (χ1v) is 8.97. The third-order valence-corrected chi connectivity index (χ3v) is 5.77. The number of carbonyl (C=O) groups is 1. The molecule has 0 aliphatic carbocycles. The lowest BCUT2D eigenvalue weighted by Crippen LogP contribution is -2.53. The molecule has 2 heterocycles. The van der Waals surface area contributed by atoms with Crippen molar-refractivity contribution in [2.24, 2.45) is 0 Å². The van der Waals surface area contributed by atoms with Crippen molar-refractivity contribution in [2.75, 3.05) is 45.3 Å². The number of ether oxygens (including phenoxy) is 2. The molecule has 0 aromatic rings. The molecule has 0 bridgehead atoms. The molecule has 2 rings (SSSR count). The van der Waals surface area contributed by atoms with Gasteiger partial charge in [-0.2, -0.15) is 4.31 Å². The molecule has 2 aliphatic rings. The summed E-state index contributed by atoms with van der Waals surface area (Å²) >= 11 is 0. The van der Waals surface area contributed by atoms with Crippen LogP contribution in [0.4, 0.5) is 0 Å². The van der Waals surface area contributed by atoms with Gasteiger partial charge in [-0.3, -0.25) is 4.79 Å². The van der Waals surface area contributed by atoms with Crippen molar-refractivity contribution in [3.8, 4) is 0 Å². The van der Waals surface area contributed by atoms with Crippen LogP contribution in [0.15, 0.2) is 0 Å². The quantitative estimate of drug-likeness (QED) is 0.709. The van der Waals surface area contributed by atoms with E-state index in [4.69, 9.17) is 9.47 Å². The van der Waals surface area contributed by atoms with Crippen molar-refractivity contribution < 1.29 is 22.7 Å². The molecule has 2 fully saturated rings. The summed E-state index contributed by atoms with van der Waals surface area (Å²) in [4.78, 5) is 14.1. The van der Waals surface area contributed by atoms with Gasteiger partial charge in [0.1, 0.15) is 0 Å². The van der Waals surface area contributed by atoms with Crippen molar-refractivity contribution in [1.29, 1.82) is 0 Å². The lowest BCUT2D eigenvalue weighted by Gasteiger charge is -2.39. The molecule has 2 saturated heterocycles. The van der Waals surface area contributed by atoms with Crippen LogP contribution in [0, 0.1) is 0 Å². The Morgan fingerprint density at radius 3 is 2.24 bits per heavy atom. The van der Waals surface area contributed by atoms with E-state index >= 15 is 0 Å². The van der Waals surface area contributed by atoms with Crippen LogP contribution < -0.4 is 0 Å². The fourth-order valence-electron chi connectivity index (χ4n) is 2.80. The minimum Gasteiger partial charge on any atom is -0.379 e. The van der Waals surface area contributed by atoms with Crippen LogP contribution >= 0.6 is 0 Å². The molecule has 2 unspecified atom stereocenters. The Hall–Kier alpha value is -0.700. The SMILES string of the molecule is CC1COCC(C)N1C(=O)CCS(=O)(=O)N1CCOCC1. The molecular formula is C13H24N2O5S. The van der Waals surface area contributed by atoms with E-state index in [9.17, 15) is 13.2 Å². The second-order valence-corrected chi connectivity index (χ2v) is 7.70. The summed E-state index contributed by atoms with van der Waals surface area (Å²) in [5.74, 6) is -0.252. The number of nitrogens with zero attached hydrogens (tertiary/aromatic N) is 2. The average molecular weight is 320 g/mol. The predicted octanol–water partition coefficient (Wildman–Crippen LogP) is -0.326. The van der Waals surface area contributed by atoms with Gasteiger partial charge in [0.05, 0.1) is 44.3 Å². The molecule has 0 aromatic carbocycles. The molecule has 0 aromatic heterocycles. The van der Waals surface area contributed by atoms with Crippen molar-refractivity contribution in [1.82, 2.24) is 9.21 Å². The number of hydrogen-bond donors (Lipinski definition) is 0. The molecule has 2 atom stereocenters. The van der Waals surface area contributed by atoms with Gasteiger partial charge in [-0.25, -0.2) is 8.42 Å². The van der Waals surface area contributed by atoms with E-state index in [1.54, 1.807) is 4.90 Å². The van der Waals surface area contributed by atoms with Crippen molar-refractivity contribution in [3.05, 3.63) is 0 Å². The summed E-state index contributed by atoms with van der Waals surface area (Å²) in [6, 6.07) is -0.0142. The van der Waals surface area contributed by atoms with Gasteiger partial charge in [0, 0.05) is 19.5 Å². The first-order chi connectivity index (χ1) is 9.92. The molecule has 8 heteroatoms. The van der Waals surface area contributed by atoms with Crippen molar-refractivity contribution in [2.45, 2.75) is 32.4 Å². The maximum atomic E-state index is 12.3. The summed E-state index contributed by atoms with van der Waals surface area (Å²) < 4.78 is 36.4. The number of sulfonamides is 1. The largest absolute Gasteiger partial charge is 0.379 e. The molecule has 0 radical (unpaired) electrons. The molecule has 7 nitrogen and oxygen atoms in total. The zero-order valence-corrected chi connectivity index (χ0v) is 13.5. The van der Waals surface area contributed by atoms with E-state index in [1.165, 1.54) is 4.31 Å². The summed E-state index contributed by atoms with van der Waals surface area (Å²) in [5, 5.41) is 0. The van der Waals surface area contributed by atoms with Crippen LogP contribution in [0.3, 0.4) is 0 Å². The Morgan fingerprint density at radius 1 is 1.10 bits per heavy atom. The van der Waals surface area contributed by atoms with Gasteiger partial charge < -0.3 is 14.4 Å². The van der Waals surface area contributed by atoms with Gasteiger partial charge in [0.15, 0.2) is 0 Å². The highest BCUT2D eigenvalue weighted by atomic mass is 32.2. The fourth-order valence-corrected chi connectivity index (χ4v) is 4.19. The van der Waals surface area contributed by atoms with Gasteiger partial charge in [-0.05, 0) is 13.8 Å². The normalized spacial score (nSPS) is 28.6. The number of hydrogen-bond acceptors (Lipinski definition) is 5. The number of carbonyl (C=O) groups excluding carboxylic acids is 1. The first-order valence-electron chi connectivity index (χ1n) is 7.36. The summed E-state index contributed by atoms with van der Waals surface area (Å²) in [7, 11) is -3.38. The number of amides is 1. The number of rotatable bonds is 4. The molecule has 0 N–H and O–H groups in total. The highest BCUT2D eigenvalue weighted by Gasteiger charge is 2.31. The van der Waals surface area contributed by atoms with Crippen LogP contribution in [0.2, 0.25) is 0 Å². The van der Waals surface area contributed by atoms with E-state index < -0.39 is 10.0 Å². The number of morpholine rings is 2. The smallest absolute Gasteiger partial charge is 0.224 e. The molecule has 2 aliphatic heterocycles. The standard InChI is InChI=1S/C13H24N2O5S/c1-11-9-20-10-12(2)15(11)13(16)3-8-21(17,18)14-4-6-19-7-5-14/h11-12H,3-10H2,1-2H3. The van der Waals surface area contributed by atoms with E-state index in [2.05, 4.69) is 0 Å². The molecule has 21 heavy (non-hydrogen) atoms. The van der Waals surface area contributed by atoms with E-state index in [1.807, 2.05) is 13.8 Å². The highest BCUT2D eigenvalue weighted by molar-refractivity contribution is 7.89. The Kier molecular flexibility index (Phi) is 5.59. The maximum Gasteiger partial charge on any atom is 0.224 e. The Labute approximate surface area is 126 Å². The Bertz CT molecular complexity index is 451. The molecular weight excluding hydrogens is 296 g/mol. The van der Waals surface area contributed by atoms with Crippen molar-refractivity contribution >= 4 is 15.9 Å². The van der Waals surface area contributed by atoms with E-state index in [-0.39, 0.29) is 30.2 Å². The third kappa shape index (κ3) is 4.15. The Balaban J connectivity index is 1.90. The van der Waals surface area contributed by atoms with Crippen LogP contribution in [0.1, 0.15) is 20.3 Å². The minimum absolute atomic E-state index is 0.00709. The van der Waals surface area contributed by atoms with Gasteiger partial charge >= 0.3 is 0 Å². The summed E-state index contributed by atoms with van der Waals surface area (Å²) in [6.45, 7) is 6.45. The zero-order valence-electron chi connectivity index (χ0n) is 12.7. The lowest BCUT2D eigenvalue weighted by atomic mass is 10.1. The van der Waals surface area contributed by atoms with E-state index in [0.29, 0.717) is 39.5 Å². The molecule has 1 amide bonds. The summed E-state index contributed by atoms with van der Waals surface area (Å²) in [5.41, 5.74) is 0. The summed E-state index contributed by atoms with van der Waals surface area (Å²) in [6.07, 6.45) is 0.0222. The van der Waals surface area contributed by atoms with Crippen LogP contribution in [0.25, 0.3) is 0 Å². The first kappa shape index (κ1) is 16.7. The Morgan fingerprint density at radius 2 is 1.67 bits per heavy atom. The fraction of sp³-hybridized carbons (Fsp3) is 0.923. The van der Waals surface area contributed by atoms with Crippen molar-refractivity contribution in [3.63, 3.8) is 0 Å². The molecule has 0 saturated carbocycles. The lowest BCUT2D eigenvalue weighted by molar-refractivity contribution is -0.143. The van der Waals surface area contributed by atoms with Gasteiger partial charge in [-0.1, -0.05) is 0 Å². The molecule has 0 spiro atoms. The third-order valence-electron chi connectivity index (χ3n) is 3.89. The predicted molar refractivity (Wildman–Crippen MR) is 77.4 cm³/mol. The topological polar surface area (TPSA) is 76.2 Å². The zero-order chi connectivity index (χ0) is 15.5. The highest BCUT2D eigenvalue weighted by Crippen LogP contribution is 2.15. The second-order valence-electron chi connectivity index (χ2n) is 5.61. The monoisotopic (exact) mass is 320 g/mol. The minimum atomic E-state index is -3.38. The van der Waals surface area contributed by atoms with Crippen LogP contribution in [0.5, 0.6) is 0 Å². The van der Waals surface area contributed by atoms with E-state index in [0.717, 1.165) is 0 Å². The van der Waals surface area contributed by atoms with Crippen LogP contribution in [-0.2, 0) is 24.3 Å². The second kappa shape index (κ2) is 7.04. The molecule has 122 valence electrons. The van der Waals surface area contributed by atoms with Gasteiger partial charge in [-0.15, -0.1) is 0 Å². The van der Waals surface area contributed by atoms with Crippen LogP contribution in [-0.4, -0.2) is 80.9 Å². The van der Waals surface area contributed by atoms with Gasteiger partial charge in [0.2, 0.25) is 15.9 Å². The maximum absolute atomic E-state index is 12.3. The average Bonchev–Trinajstić information content (AvgIpc) is 2.46.